The largest absolute Gasteiger partial charge is 0.497 e. The Bertz CT molecular complexity index is 727. The van der Waals surface area contributed by atoms with Crippen molar-refractivity contribution in [3.63, 3.8) is 0 Å². The van der Waals surface area contributed by atoms with E-state index in [1.54, 1.807) is 19.3 Å². The smallest absolute Gasteiger partial charge is 0.187 e. The predicted molar refractivity (Wildman–Crippen MR) is 108 cm³/mol. The predicted octanol–water partition coefficient (Wildman–Crippen LogP) is -2.01. The van der Waals surface area contributed by atoms with Crippen molar-refractivity contribution in [2.75, 3.05) is 26.9 Å². The number of rotatable bonds is 8. The fourth-order valence-electron chi connectivity index (χ4n) is 3.36. The molecule has 1 aromatic rings. The van der Waals surface area contributed by atoms with Crippen LogP contribution in [-0.4, -0.2) is 113 Å². The fraction of sp³-hybridized carbons (Fsp3) is 0.619. The van der Waals surface area contributed by atoms with E-state index in [0.717, 1.165) is 11.3 Å². The van der Waals surface area contributed by atoms with Gasteiger partial charge >= 0.3 is 0 Å². The van der Waals surface area contributed by atoms with Crippen LogP contribution in [0.4, 0.5) is 0 Å². The molecule has 9 atom stereocenters. The Kier molecular flexibility index (Phi) is 8.96. The highest BCUT2D eigenvalue weighted by Crippen LogP contribution is 2.24. The lowest BCUT2D eigenvalue weighted by atomic mass is 9.99. The highest BCUT2D eigenvalue weighted by atomic mass is 16.7. The summed E-state index contributed by atoms with van der Waals surface area (Å²) in [5.74, 6) is 0.731. The van der Waals surface area contributed by atoms with Gasteiger partial charge in [-0.3, -0.25) is 0 Å². The Morgan fingerprint density at radius 1 is 0.875 bits per heavy atom. The molecule has 0 unspecified atom stereocenters. The molecule has 180 valence electrons. The van der Waals surface area contributed by atoms with Crippen molar-refractivity contribution in [3.8, 4) is 5.75 Å². The molecule has 0 aromatic heterocycles. The number of hydrogen-bond acceptors (Lipinski definition) is 11. The number of aliphatic hydroxyl groups is 6. The van der Waals surface area contributed by atoms with Gasteiger partial charge < -0.3 is 54.3 Å². The molecule has 2 fully saturated rings. The first-order valence-corrected chi connectivity index (χ1v) is 10.2. The molecule has 11 nitrogen and oxygen atoms in total. The highest BCUT2D eigenvalue weighted by Gasteiger charge is 2.45. The minimum absolute atomic E-state index is 0.0542. The van der Waals surface area contributed by atoms with E-state index >= 15 is 0 Å². The number of ether oxygens (including phenoxy) is 5. The summed E-state index contributed by atoms with van der Waals surface area (Å²) in [6.45, 7) is -0.527. The molecular weight excluding hydrogens is 428 g/mol. The molecule has 0 spiro atoms. The van der Waals surface area contributed by atoms with Crippen LogP contribution in [0.2, 0.25) is 0 Å². The van der Waals surface area contributed by atoms with Crippen molar-refractivity contribution in [1.29, 1.82) is 0 Å². The molecule has 0 radical (unpaired) electrons. The lowest BCUT2D eigenvalue weighted by Crippen LogP contribution is -2.60. The van der Waals surface area contributed by atoms with Crippen LogP contribution in [0.15, 0.2) is 30.3 Å². The molecule has 0 saturated carbocycles. The molecule has 0 aliphatic carbocycles. The van der Waals surface area contributed by atoms with E-state index in [2.05, 4.69) is 0 Å². The molecule has 0 amide bonds. The molecule has 32 heavy (non-hydrogen) atoms. The van der Waals surface area contributed by atoms with Crippen molar-refractivity contribution in [2.45, 2.75) is 55.3 Å². The van der Waals surface area contributed by atoms with E-state index in [9.17, 15) is 30.6 Å². The Hall–Kier alpha value is -1.64. The van der Waals surface area contributed by atoms with Crippen LogP contribution in [0.1, 0.15) is 5.56 Å². The minimum atomic E-state index is -1.56. The second-order valence-corrected chi connectivity index (χ2v) is 7.61. The van der Waals surface area contributed by atoms with E-state index in [1.165, 1.54) is 0 Å². The third-order valence-electron chi connectivity index (χ3n) is 5.33. The summed E-state index contributed by atoms with van der Waals surface area (Å²) in [4.78, 5) is 0. The van der Waals surface area contributed by atoms with Crippen molar-refractivity contribution < 1.29 is 54.3 Å². The third kappa shape index (κ3) is 6.02. The minimum Gasteiger partial charge on any atom is -0.497 e. The number of hydrogen-bond donors (Lipinski definition) is 6. The van der Waals surface area contributed by atoms with Crippen LogP contribution in [0.5, 0.6) is 5.75 Å². The fourth-order valence-corrected chi connectivity index (χ4v) is 3.36. The van der Waals surface area contributed by atoms with E-state index in [4.69, 9.17) is 23.7 Å². The molecular formula is C21H30O11. The maximum Gasteiger partial charge on any atom is 0.187 e. The van der Waals surface area contributed by atoms with E-state index in [-0.39, 0.29) is 19.8 Å². The van der Waals surface area contributed by atoms with Gasteiger partial charge in [-0.15, -0.1) is 0 Å². The maximum absolute atomic E-state index is 10.2. The van der Waals surface area contributed by atoms with E-state index < -0.39 is 55.3 Å². The molecule has 2 aliphatic heterocycles. The maximum atomic E-state index is 10.2. The van der Waals surface area contributed by atoms with Crippen LogP contribution in [0, 0.1) is 0 Å². The summed E-state index contributed by atoms with van der Waals surface area (Å²) in [5, 5.41) is 59.6. The Labute approximate surface area is 185 Å². The van der Waals surface area contributed by atoms with Gasteiger partial charge in [-0.1, -0.05) is 24.3 Å². The second kappa shape index (κ2) is 11.5. The van der Waals surface area contributed by atoms with Gasteiger partial charge in [-0.05, 0) is 17.7 Å². The zero-order valence-corrected chi connectivity index (χ0v) is 17.5. The van der Waals surface area contributed by atoms with Crippen LogP contribution in [0.3, 0.4) is 0 Å². The summed E-state index contributed by atoms with van der Waals surface area (Å²) >= 11 is 0. The van der Waals surface area contributed by atoms with Gasteiger partial charge in [0, 0.05) is 0 Å². The van der Waals surface area contributed by atoms with Crippen molar-refractivity contribution in [1.82, 2.24) is 0 Å². The van der Waals surface area contributed by atoms with E-state index in [1.807, 2.05) is 24.3 Å². The molecule has 2 aliphatic rings. The van der Waals surface area contributed by atoms with Crippen molar-refractivity contribution >= 4 is 6.08 Å². The Morgan fingerprint density at radius 2 is 1.56 bits per heavy atom. The van der Waals surface area contributed by atoms with Gasteiger partial charge in [0.1, 0.15) is 48.5 Å². The molecule has 2 saturated heterocycles. The van der Waals surface area contributed by atoms with Gasteiger partial charge in [-0.25, -0.2) is 0 Å². The average molecular weight is 458 g/mol. The molecule has 2 heterocycles. The number of methoxy groups -OCH3 is 1. The first-order chi connectivity index (χ1) is 15.3. The highest BCUT2D eigenvalue weighted by molar-refractivity contribution is 5.50. The van der Waals surface area contributed by atoms with Crippen LogP contribution in [-0.2, 0) is 18.9 Å². The Balaban J connectivity index is 1.51. The molecule has 3 rings (SSSR count). The van der Waals surface area contributed by atoms with Crippen LogP contribution < -0.4 is 4.74 Å². The van der Waals surface area contributed by atoms with Gasteiger partial charge in [0.25, 0.3) is 0 Å². The van der Waals surface area contributed by atoms with Gasteiger partial charge in [-0.2, -0.15) is 0 Å². The molecule has 0 bridgehead atoms. The summed E-state index contributed by atoms with van der Waals surface area (Å²) in [6.07, 6.45) is -8.88. The average Bonchev–Trinajstić information content (AvgIpc) is 2.80. The summed E-state index contributed by atoms with van der Waals surface area (Å²) in [5.41, 5.74) is 0.902. The summed E-state index contributed by atoms with van der Waals surface area (Å²) < 4.78 is 26.6. The lowest BCUT2D eigenvalue weighted by Gasteiger charge is -2.41. The first-order valence-electron chi connectivity index (χ1n) is 10.2. The van der Waals surface area contributed by atoms with Crippen molar-refractivity contribution in [3.05, 3.63) is 35.9 Å². The third-order valence-corrected chi connectivity index (χ3v) is 5.33. The molecule has 1 aromatic carbocycles. The van der Waals surface area contributed by atoms with Crippen LogP contribution >= 0.6 is 0 Å². The van der Waals surface area contributed by atoms with Gasteiger partial charge in [0.15, 0.2) is 12.6 Å². The normalized spacial score (nSPS) is 38.2. The number of benzene rings is 1. The zero-order valence-electron chi connectivity index (χ0n) is 17.5. The second-order valence-electron chi connectivity index (χ2n) is 7.61. The van der Waals surface area contributed by atoms with Crippen molar-refractivity contribution in [2.24, 2.45) is 0 Å². The molecule has 11 heteroatoms. The summed E-state index contributed by atoms with van der Waals surface area (Å²) in [7, 11) is 1.58. The topological polar surface area (TPSA) is 168 Å². The SMILES string of the molecule is COc1ccc(C=CCO[C@@H]2O[C@H](CO[C@@H]3OC[C@H](O)[C@H](O)[C@H]3O)[C@@H](O)[C@H](O)[C@H]2O)cc1. The lowest BCUT2D eigenvalue weighted by molar-refractivity contribution is -0.319. The quantitative estimate of drug-likeness (QED) is 0.255. The first kappa shape index (κ1) is 25.0. The van der Waals surface area contributed by atoms with Gasteiger partial charge in [0.2, 0.25) is 0 Å². The standard InChI is InChI=1S/C21H30O11/c1-28-12-6-4-11(5-7-12)3-2-8-29-21-19(27)17(25)16(24)14(32-21)10-31-20-18(26)15(23)13(22)9-30-20/h2-7,13-27H,8-10H2,1H3/t13-,14+,15-,16+,17-,18+,19+,20-,21+/m0/s1. The zero-order chi connectivity index (χ0) is 23.3. The monoisotopic (exact) mass is 458 g/mol. The Morgan fingerprint density at radius 3 is 2.25 bits per heavy atom. The van der Waals surface area contributed by atoms with Gasteiger partial charge in [0.05, 0.1) is 26.9 Å². The van der Waals surface area contributed by atoms with E-state index in [0.29, 0.717) is 0 Å². The summed E-state index contributed by atoms with van der Waals surface area (Å²) in [6, 6.07) is 7.33. The van der Waals surface area contributed by atoms with Crippen LogP contribution in [0.25, 0.3) is 6.08 Å². The molecule has 6 N–H and O–H groups in total. The number of aliphatic hydroxyl groups excluding tert-OH is 6.